The summed E-state index contributed by atoms with van der Waals surface area (Å²) >= 11 is 0. The number of carbonyl (C=O) groups excluding carboxylic acids is 2. The molecule has 0 N–H and O–H groups in total. The van der Waals surface area contributed by atoms with E-state index in [1.165, 1.54) is 0 Å². The molecule has 1 atom stereocenters. The van der Waals surface area contributed by atoms with E-state index in [1.54, 1.807) is 30.0 Å². The van der Waals surface area contributed by atoms with Crippen molar-refractivity contribution in [2.45, 2.75) is 25.9 Å². The monoisotopic (exact) mass is 339 g/mol. The van der Waals surface area contributed by atoms with Crippen LogP contribution in [0.1, 0.15) is 30.1 Å². The normalized spacial score (nSPS) is 16.1. The van der Waals surface area contributed by atoms with Gasteiger partial charge < -0.3 is 14.4 Å². The highest BCUT2D eigenvalue weighted by molar-refractivity contribution is 6.00. The number of carbonyl (C=O) groups is 2. The lowest BCUT2D eigenvalue weighted by Crippen LogP contribution is -2.45. The topological polar surface area (TPSA) is 55.8 Å². The van der Waals surface area contributed by atoms with E-state index in [2.05, 4.69) is 0 Å². The summed E-state index contributed by atoms with van der Waals surface area (Å²) in [7, 11) is 0. The van der Waals surface area contributed by atoms with Gasteiger partial charge in [0.1, 0.15) is 17.8 Å². The number of amides is 1. The van der Waals surface area contributed by atoms with Gasteiger partial charge in [0.25, 0.3) is 5.91 Å². The molecule has 1 aliphatic heterocycles. The van der Waals surface area contributed by atoms with Crippen molar-refractivity contribution >= 4 is 17.9 Å². The van der Waals surface area contributed by atoms with Crippen molar-refractivity contribution in [1.29, 1.82) is 0 Å². The van der Waals surface area contributed by atoms with E-state index in [0.29, 0.717) is 30.2 Å². The SMILES string of the molecule is CC1Oc2ccc(C=O)cc2N(CCCCOc2ccccc2)C1=O. The molecule has 2 aromatic rings. The number of fused-ring (bicyclic) bond motifs is 1. The Kier molecular flexibility index (Phi) is 5.33. The average Bonchev–Trinajstić information content (AvgIpc) is 2.65. The standard InChI is InChI=1S/C20H21NO4/c1-15-20(23)21(18-13-16(14-22)9-10-19(18)25-15)11-5-6-12-24-17-7-3-2-4-8-17/h2-4,7-10,13-15H,5-6,11-12H2,1H3. The molecule has 130 valence electrons. The van der Waals surface area contributed by atoms with Gasteiger partial charge in [-0.15, -0.1) is 0 Å². The maximum absolute atomic E-state index is 12.5. The third kappa shape index (κ3) is 3.99. The van der Waals surface area contributed by atoms with E-state index in [1.807, 2.05) is 30.3 Å². The van der Waals surface area contributed by atoms with Crippen LogP contribution in [0.3, 0.4) is 0 Å². The van der Waals surface area contributed by atoms with Gasteiger partial charge in [-0.2, -0.15) is 0 Å². The van der Waals surface area contributed by atoms with E-state index >= 15 is 0 Å². The lowest BCUT2D eigenvalue weighted by molar-refractivity contribution is -0.125. The number of unbranched alkanes of at least 4 members (excludes halogenated alkanes) is 1. The fourth-order valence-electron chi connectivity index (χ4n) is 2.81. The molecule has 0 saturated heterocycles. The summed E-state index contributed by atoms with van der Waals surface area (Å²) in [5.41, 5.74) is 1.19. The highest BCUT2D eigenvalue weighted by Crippen LogP contribution is 2.34. The fourth-order valence-corrected chi connectivity index (χ4v) is 2.81. The summed E-state index contributed by atoms with van der Waals surface area (Å²) in [6.07, 6.45) is 1.89. The van der Waals surface area contributed by atoms with Crippen molar-refractivity contribution in [3.8, 4) is 11.5 Å². The molecule has 0 aromatic heterocycles. The molecule has 25 heavy (non-hydrogen) atoms. The molecule has 3 rings (SSSR count). The molecular formula is C20H21NO4. The van der Waals surface area contributed by atoms with Crippen LogP contribution in [0.2, 0.25) is 0 Å². The van der Waals surface area contributed by atoms with E-state index in [4.69, 9.17) is 9.47 Å². The van der Waals surface area contributed by atoms with Crippen LogP contribution in [0.5, 0.6) is 11.5 Å². The maximum Gasteiger partial charge on any atom is 0.267 e. The predicted molar refractivity (Wildman–Crippen MR) is 95.4 cm³/mol. The highest BCUT2D eigenvalue weighted by Gasteiger charge is 2.31. The van der Waals surface area contributed by atoms with Gasteiger partial charge in [-0.05, 0) is 50.1 Å². The minimum Gasteiger partial charge on any atom is -0.494 e. The second-order valence-electron chi connectivity index (χ2n) is 5.96. The molecule has 0 radical (unpaired) electrons. The summed E-state index contributed by atoms with van der Waals surface area (Å²) in [4.78, 5) is 25.2. The molecule has 0 fully saturated rings. The maximum atomic E-state index is 12.5. The second-order valence-corrected chi connectivity index (χ2v) is 5.96. The molecular weight excluding hydrogens is 318 g/mol. The van der Waals surface area contributed by atoms with Gasteiger partial charge in [-0.1, -0.05) is 18.2 Å². The van der Waals surface area contributed by atoms with E-state index in [-0.39, 0.29) is 5.91 Å². The van der Waals surface area contributed by atoms with E-state index in [9.17, 15) is 9.59 Å². The van der Waals surface area contributed by atoms with Crippen LogP contribution >= 0.6 is 0 Å². The van der Waals surface area contributed by atoms with E-state index in [0.717, 1.165) is 24.9 Å². The summed E-state index contributed by atoms with van der Waals surface area (Å²) in [6, 6.07) is 14.8. The number of anilines is 1. The molecule has 0 aliphatic carbocycles. The predicted octanol–water partition coefficient (Wildman–Crippen LogP) is 3.47. The first-order chi connectivity index (χ1) is 12.2. The number of aldehydes is 1. The number of hydrogen-bond acceptors (Lipinski definition) is 4. The van der Waals surface area contributed by atoms with Crippen LogP contribution in [-0.4, -0.2) is 31.4 Å². The first kappa shape index (κ1) is 17.0. The molecule has 1 heterocycles. The summed E-state index contributed by atoms with van der Waals surface area (Å²) < 4.78 is 11.3. The number of benzene rings is 2. The van der Waals surface area contributed by atoms with Gasteiger partial charge in [-0.3, -0.25) is 9.59 Å². The molecule has 2 aromatic carbocycles. The summed E-state index contributed by atoms with van der Waals surface area (Å²) in [6.45, 7) is 2.91. The Bertz CT molecular complexity index is 745. The zero-order valence-electron chi connectivity index (χ0n) is 14.2. The first-order valence-corrected chi connectivity index (χ1v) is 8.44. The van der Waals surface area contributed by atoms with Gasteiger partial charge >= 0.3 is 0 Å². The van der Waals surface area contributed by atoms with Crippen LogP contribution in [0.25, 0.3) is 0 Å². The van der Waals surface area contributed by atoms with Crippen molar-refractivity contribution in [2.24, 2.45) is 0 Å². The molecule has 0 bridgehead atoms. The van der Waals surface area contributed by atoms with Crippen molar-refractivity contribution in [2.75, 3.05) is 18.1 Å². The van der Waals surface area contributed by atoms with Crippen LogP contribution in [0.4, 0.5) is 5.69 Å². The van der Waals surface area contributed by atoms with E-state index < -0.39 is 6.10 Å². The molecule has 1 aliphatic rings. The lowest BCUT2D eigenvalue weighted by Gasteiger charge is -2.33. The average molecular weight is 339 g/mol. The van der Waals surface area contributed by atoms with Gasteiger partial charge in [0.15, 0.2) is 6.10 Å². The van der Waals surface area contributed by atoms with Crippen molar-refractivity contribution in [3.63, 3.8) is 0 Å². The molecule has 0 spiro atoms. The fraction of sp³-hybridized carbons (Fsp3) is 0.300. The number of nitrogens with zero attached hydrogens (tertiary/aromatic N) is 1. The number of ether oxygens (including phenoxy) is 2. The molecule has 5 heteroatoms. The molecule has 5 nitrogen and oxygen atoms in total. The molecule has 1 unspecified atom stereocenters. The Morgan fingerprint density at radius 2 is 1.96 bits per heavy atom. The Balaban J connectivity index is 1.59. The Morgan fingerprint density at radius 3 is 2.72 bits per heavy atom. The largest absolute Gasteiger partial charge is 0.494 e. The third-order valence-electron chi connectivity index (χ3n) is 4.12. The zero-order chi connectivity index (χ0) is 17.6. The first-order valence-electron chi connectivity index (χ1n) is 8.44. The van der Waals surface area contributed by atoms with Crippen molar-refractivity contribution in [1.82, 2.24) is 0 Å². The molecule has 0 saturated carbocycles. The zero-order valence-corrected chi connectivity index (χ0v) is 14.2. The molecule has 1 amide bonds. The van der Waals surface area contributed by atoms with Crippen LogP contribution in [-0.2, 0) is 4.79 Å². The van der Waals surface area contributed by atoms with Crippen molar-refractivity contribution < 1.29 is 19.1 Å². The number of hydrogen-bond donors (Lipinski definition) is 0. The highest BCUT2D eigenvalue weighted by atomic mass is 16.5. The Labute approximate surface area is 147 Å². The minimum atomic E-state index is -0.518. The Hall–Kier alpha value is -2.82. The Morgan fingerprint density at radius 1 is 1.16 bits per heavy atom. The van der Waals surface area contributed by atoms with Gasteiger partial charge in [-0.25, -0.2) is 0 Å². The lowest BCUT2D eigenvalue weighted by atomic mass is 10.1. The van der Waals surface area contributed by atoms with Gasteiger partial charge in [0, 0.05) is 12.1 Å². The van der Waals surface area contributed by atoms with Crippen molar-refractivity contribution in [3.05, 3.63) is 54.1 Å². The second kappa shape index (κ2) is 7.83. The quantitative estimate of drug-likeness (QED) is 0.572. The third-order valence-corrected chi connectivity index (χ3v) is 4.12. The number of rotatable bonds is 7. The summed E-state index contributed by atoms with van der Waals surface area (Å²) in [5.74, 6) is 1.40. The minimum absolute atomic E-state index is 0.0838. The number of para-hydroxylation sites is 1. The van der Waals surface area contributed by atoms with Gasteiger partial charge in [0.05, 0.1) is 12.3 Å². The van der Waals surface area contributed by atoms with Crippen LogP contribution < -0.4 is 14.4 Å². The summed E-state index contributed by atoms with van der Waals surface area (Å²) in [5, 5.41) is 0. The van der Waals surface area contributed by atoms with Crippen LogP contribution in [0.15, 0.2) is 48.5 Å². The van der Waals surface area contributed by atoms with Crippen LogP contribution in [0, 0.1) is 0 Å². The smallest absolute Gasteiger partial charge is 0.267 e. The van der Waals surface area contributed by atoms with Gasteiger partial charge in [0.2, 0.25) is 0 Å².